The average molecular weight is 216 g/mol. The van der Waals surface area contributed by atoms with Crippen LogP contribution in [0, 0.1) is 0 Å². The topological polar surface area (TPSA) is 48.1 Å². The summed E-state index contributed by atoms with van der Waals surface area (Å²) in [6, 6.07) is 7.91. The number of fused-ring (bicyclic) bond motifs is 1. The molecule has 1 aromatic carbocycles. The van der Waals surface area contributed by atoms with Crippen LogP contribution < -0.4 is 10.5 Å². The minimum Gasteiger partial charge on any atom is -0.491 e. The Morgan fingerprint density at radius 3 is 2.75 bits per heavy atom. The van der Waals surface area contributed by atoms with Crippen molar-refractivity contribution in [1.29, 1.82) is 0 Å². The lowest BCUT2D eigenvalue weighted by atomic mass is 10.1. The van der Waals surface area contributed by atoms with Gasteiger partial charge in [-0.05, 0) is 6.42 Å². The molecular weight excluding hydrogens is 200 g/mol. The Morgan fingerprint density at radius 1 is 1.25 bits per heavy atom. The van der Waals surface area contributed by atoms with Crippen molar-refractivity contribution in [3.05, 3.63) is 30.5 Å². The van der Waals surface area contributed by atoms with Crippen molar-refractivity contribution in [2.45, 2.75) is 19.8 Å². The van der Waals surface area contributed by atoms with Gasteiger partial charge in [-0.3, -0.25) is 0 Å². The maximum absolute atomic E-state index is 5.81. The second-order valence-electron chi connectivity index (χ2n) is 3.76. The van der Waals surface area contributed by atoms with Crippen LogP contribution in [-0.2, 0) is 0 Å². The molecule has 0 aliphatic rings. The number of hydrogen-bond donors (Lipinski definition) is 1. The molecule has 2 N–H and O–H groups in total. The van der Waals surface area contributed by atoms with Crippen LogP contribution in [-0.4, -0.2) is 11.6 Å². The van der Waals surface area contributed by atoms with Crippen molar-refractivity contribution < 1.29 is 4.74 Å². The highest BCUT2D eigenvalue weighted by molar-refractivity contribution is 5.94. The highest BCUT2D eigenvalue weighted by Crippen LogP contribution is 2.27. The molecule has 0 aliphatic carbocycles. The van der Waals surface area contributed by atoms with E-state index in [9.17, 15) is 0 Å². The molecule has 3 heteroatoms. The molecule has 1 heterocycles. The van der Waals surface area contributed by atoms with Crippen LogP contribution in [0.3, 0.4) is 0 Å². The normalized spacial score (nSPS) is 10.6. The summed E-state index contributed by atoms with van der Waals surface area (Å²) in [5.74, 6) is 1.37. The first kappa shape index (κ1) is 10.7. The van der Waals surface area contributed by atoms with Gasteiger partial charge in [-0.15, -0.1) is 0 Å². The summed E-state index contributed by atoms with van der Waals surface area (Å²) in [5, 5.41) is 1.99. The van der Waals surface area contributed by atoms with E-state index in [1.807, 2.05) is 24.3 Å². The quantitative estimate of drug-likeness (QED) is 0.799. The van der Waals surface area contributed by atoms with Gasteiger partial charge in [0.25, 0.3) is 0 Å². The molecule has 0 saturated heterocycles. The van der Waals surface area contributed by atoms with Crippen molar-refractivity contribution in [2.75, 3.05) is 12.3 Å². The molecule has 1 aromatic heterocycles. The number of unbranched alkanes of at least 4 members (excludes halogenated alkanes) is 1. The predicted molar refractivity (Wildman–Crippen MR) is 66.6 cm³/mol. The number of benzene rings is 1. The first-order valence-corrected chi connectivity index (χ1v) is 5.59. The summed E-state index contributed by atoms with van der Waals surface area (Å²) in [7, 11) is 0. The third kappa shape index (κ3) is 2.08. The minimum absolute atomic E-state index is 0.554. The van der Waals surface area contributed by atoms with Crippen LogP contribution in [0.15, 0.2) is 30.5 Å². The van der Waals surface area contributed by atoms with Crippen molar-refractivity contribution in [1.82, 2.24) is 4.98 Å². The molecule has 16 heavy (non-hydrogen) atoms. The summed E-state index contributed by atoms with van der Waals surface area (Å²) in [4.78, 5) is 4.14. The second kappa shape index (κ2) is 4.84. The molecule has 2 aromatic rings. The summed E-state index contributed by atoms with van der Waals surface area (Å²) in [5.41, 5.74) is 5.81. The van der Waals surface area contributed by atoms with E-state index in [1.54, 1.807) is 6.20 Å². The van der Waals surface area contributed by atoms with Gasteiger partial charge in [0.2, 0.25) is 0 Å². The fraction of sp³-hybridized carbons (Fsp3) is 0.308. The van der Waals surface area contributed by atoms with E-state index in [0.29, 0.717) is 5.82 Å². The van der Waals surface area contributed by atoms with Gasteiger partial charge in [-0.25, -0.2) is 4.98 Å². The fourth-order valence-electron chi connectivity index (χ4n) is 1.63. The number of nitrogens with two attached hydrogens (primary N) is 1. The number of pyridine rings is 1. The Kier molecular flexibility index (Phi) is 3.25. The third-order valence-electron chi connectivity index (χ3n) is 2.54. The molecule has 0 spiro atoms. The first-order valence-electron chi connectivity index (χ1n) is 5.59. The Morgan fingerprint density at radius 2 is 2.00 bits per heavy atom. The highest BCUT2D eigenvalue weighted by atomic mass is 16.5. The maximum atomic E-state index is 5.81. The van der Waals surface area contributed by atoms with Gasteiger partial charge in [0.15, 0.2) is 0 Å². The third-order valence-corrected chi connectivity index (χ3v) is 2.54. The van der Waals surface area contributed by atoms with Gasteiger partial charge in [-0.2, -0.15) is 0 Å². The molecule has 0 bridgehead atoms. The Hall–Kier alpha value is -1.77. The van der Waals surface area contributed by atoms with Gasteiger partial charge >= 0.3 is 0 Å². The highest BCUT2D eigenvalue weighted by Gasteiger charge is 2.05. The maximum Gasteiger partial charge on any atom is 0.145 e. The Labute approximate surface area is 95.2 Å². The van der Waals surface area contributed by atoms with Gasteiger partial charge in [0, 0.05) is 10.8 Å². The predicted octanol–water partition coefficient (Wildman–Crippen LogP) is 3.00. The number of hydrogen-bond acceptors (Lipinski definition) is 3. The molecule has 3 nitrogen and oxygen atoms in total. The number of ether oxygens (including phenoxy) is 1. The number of aromatic nitrogens is 1. The molecule has 84 valence electrons. The van der Waals surface area contributed by atoms with Crippen molar-refractivity contribution in [3.8, 4) is 5.75 Å². The summed E-state index contributed by atoms with van der Waals surface area (Å²) >= 11 is 0. The molecule has 0 amide bonds. The van der Waals surface area contributed by atoms with Crippen LogP contribution in [0.5, 0.6) is 5.75 Å². The fourth-order valence-corrected chi connectivity index (χ4v) is 1.63. The van der Waals surface area contributed by atoms with Gasteiger partial charge in [-0.1, -0.05) is 37.6 Å². The largest absolute Gasteiger partial charge is 0.491 e. The van der Waals surface area contributed by atoms with E-state index < -0.39 is 0 Å². The molecule has 0 radical (unpaired) electrons. The Balaban J connectivity index is 2.35. The van der Waals surface area contributed by atoms with Crippen LogP contribution in [0.25, 0.3) is 10.8 Å². The minimum atomic E-state index is 0.554. The standard InChI is InChI=1S/C13H16N2O/c1-2-3-8-16-12-9-15-13(14)11-7-5-4-6-10(11)12/h4-7,9H,2-3,8H2,1H3,(H2,14,15). The van der Waals surface area contributed by atoms with E-state index in [4.69, 9.17) is 10.5 Å². The van der Waals surface area contributed by atoms with E-state index in [0.717, 1.165) is 36.0 Å². The molecule has 0 saturated carbocycles. The van der Waals surface area contributed by atoms with E-state index in [1.165, 1.54) is 0 Å². The van der Waals surface area contributed by atoms with Gasteiger partial charge in [0.05, 0.1) is 12.8 Å². The zero-order valence-corrected chi connectivity index (χ0v) is 9.44. The monoisotopic (exact) mass is 216 g/mol. The van der Waals surface area contributed by atoms with E-state index in [-0.39, 0.29) is 0 Å². The Bertz CT molecular complexity index is 482. The van der Waals surface area contributed by atoms with Crippen LogP contribution in [0.4, 0.5) is 5.82 Å². The smallest absolute Gasteiger partial charge is 0.145 e. The van der Waals surface area contributed by atoms with Crippen molar-refractivity contribution in [3.63, 3.8) is 0 Å². The number of nitrogen functional groups attached to an aromatic ring is 1. The summed E-state index contributed by atoms with van der Waals surface area (Å²) in [6.07, 6.45) is 3.88. The van der Waals surface area contributed by atoms with Crippen molar-refractivity contribution >= 4 is 16.6 Å². The van der Waals surface area contributed by atoms with Crippen LogP contribution >= 0.6 is 0 Å². The second-order valence-corrected chi connectivity index (χ2v) is 3.76. The SMILES string of the molecule is CCCCOc1cnc(N)c2ccccc12. The van der Waals surface area contributed by atoms with Crippen molar-refractivity contribution in [2.24, 2.45) is 0 Å². The molecule has 0 fully saturated rings. The zero-order chi connectivity index (χ0) is 11.4. The van der Waals surface area contributed by atoms with Gasteiger partial charge in [0.1, 0.15) is 11.6 Å². The van der Waals surface area contributed by atoms with Crippen LogP contribution in [0.2, 0.25) is 0 Å². The number of rotatable bonds is 4. The zero-order valence-electron chi connectivity index (χ0n) is 9.44. The first-order chi connectivity index (χ1) is 7.83. The van der Waals surface area contributed by atoms with E-state index >= 15 is 0 Å². The number of nitrogens with zero attached hydrogens (tertiary/aromatic N) is 1. The molecular formula is C13H16N2O. The summed E-state index contributed by atoms with van der Waals surface area (Å²) < 4.78 is 5.70. The lowest BCUT2D eigenvalue weighted by molar-refractivity contribution is 0.312. The average Bonchev–Trinajstić information content (AvgIpc) is 2.33. The summed E-state index contributed by atoms with van der Waals surface area (Å²) in [6.45, 7) is 2.87. The molecule has 0 unspecified atom stereocenters. The molecule has 2 rings (SSSR count). The lowest BCUT2D eigenvalue weighted by Crippen LogP contribution is -1.99. The molecule has 0 atom stereocenters. The molecule has 0 aliphatic heterocycles. The van der Waals surface area contributed by atoms with Crippen LogP contribution in [0.1, 0.15) is 19.8 Å². The van der Waals surface area contributed by atoms with E-state index in [2.05, 4.69) is 11.9 Å². The lowest BCUT2D eigenvalue weighted by Gasteiger charge is -2.09. The van der Waals surface area contributed by atoms with Gasteiger partial charge < -0.3 is 10.5 Å². The number of anilines is 1.